The smallest absolute Gasteiger partial charge is 0.0205 e. The van der Waals surface area contributed by atoms with E-state index in [9.17, 15) is 0 Å². The van der Waals surface area contributed by atoms with E-state index in [0.29, 0.717) is 5.41 Å². The van der Waals surface area contributed by atoms with Gasteiger partial charge < -0.3 is 0 Å². The molecule has 0 saturated heterocycles. The lowest BCUT2D eigenvalue weighted by molar-refractivity contribution is -0.291. The Morgan fingerprint density at radius 1 is 1.06 bits per heavy atom. The standard InChI is InChI=1S/C17H30/c1-5-15(2,3)12-17-10-7-6-8-14(17)13-9-11-16(13,17)4/h13-14H,5-12H2,1-4H3. The van der Waals surface area contributed by atoms with E-state index < -0.39 is 0 Å². The summed E-state index contributed by atoms with van der Waals surface area (Å²) >= 11 is 0. The van der Waals surface area contributed by atoms with Gasteiger partial charge in [-0.2, -0.15) is 0 Å². The highest BCUT2D eigenvalue weighted by molar-refractivity contribution is 5.21. The maximum absolute atomic E-state index is 2.63. The maximum Gasteiger partial charge on any atom is -0.0205 e. The van der Waals surface area contributed by atoms with Gasteiger partial charge in [-0.3, -0.25) is 0 Å². The van der Waals surface area contributed by atoms with Crippen molar-refractivity contribution in [3.63, 3.8) is 0 Å². The van der Waals surface area contributed by atoms with Crippen molar-refractivity contribution in [1.82, 2.24) is 0 Å². The molecule has 0 aliphatic heterocycles. The van der Waals surface area contributed by atoms with Gasteiger partial charge in [0.15, 0.2) is 0 Å². The van der Waals surface area contributed by atoms with Gasteiger partial charge in [0.25, 0.3) is 0 Å². The Bertz CT molecular complexity index is 316. The second-order valence-electron chi connectivity index (χ2n) is 8.27. The second kappa shape index (κ2) is 3.52. The van der Waals surface area contributed by atoms with Crippen molar-refractivity contribution in [2.45, 2.75) is 79.1 Å². The molecule has 17 heavy (non-hydrogen) atoms. The molecule has 3 aliphatic carbocycles. The molecule has 0 spiro atoms. The highest BCUT2D eigenvalue weighted by Gasteiger charge is 2.72. The van der Waals surface area contributed by atoms with Crippen LogP contribution < -0.4 is 0 Å². The van der Waals surface area contributed by atoms with Gasteiger partial charge in [-0.15, -0.1) is 0 Å². The molecule has 4 atom stereocenters. The molecule has 0 aromatic rings. The molecular formula is C17H30. The minimum absolute atomic E-state index is 0.569. The van der Waals surface area contributed by atoms with Gasteiger partial charge in [0.2, 0.25) is 0 Å². The predicted molar refractivity (Wildman–Crippen MR) is 73.9 cm³/mol. The zero-order valence-corrected chi connectivity index (χ0v) is 12.3. The molecule has 4 unspecified atom stereocenters. The first-order valence-electron chi connectivity index (χ1n) is 7.95. The van der Waals surface area contributed by atoms with Gasteiger partial charge in [0.1, 0.15) is 0 Å². The number of fused-ring (bicyclic) bond motifs is 4. The maximum atomic E-state index is 2.63. The Balaban J connectivity index is 1.87. The summed E-state index contributed by atoms with van der Waals surface area (Å²) < 4.78 is 0. The average Bonchev–Trinajstić information content (AvgIpc) is 2.29. The largest absolute Gasteiger partial charge is 0.0649 e. The quantitative estimate of drug-likeness (QED) is 0.611. The van der Waals surface area contributed by atoms with E-state index in [-0.39, 0.29) is 0 Å². The summed E-state index contributed by atoms with van der Waals surface area (Å²) in [5.41, 5.74) is 2.08. The summed E-state index contributed by atoms with van der Waals surface area (Å²) in [4.78, 5) is 0. The van der Waals surface area contributed by atoms with Gasteiger partial charge in [-0.05, 0) is 60.2 Å². The fourth-order valence-corrected chi connectivity index (χ4v) is 5.87. The monoisotopic (exact) mass is 234 g/mol. The van der Waals surface area contributed by atoms with E-state index in [2.05, 4.69) is 27.7 Å². The Labute approximate surface area is 108 Å². The van der Waals surface area contributed by atoms with Crippen molar-refractivity contribution in [2.24, 2.45) is 28.1 Å². The molecule has 3 saturated carbocycles. The van der Waals surface area contributed by atoms with Crippen LogP contribution in [0.1, 0.15) is 79.1 Å². The molecule has 3 fully saturated rings. The molecule has 0 radical (unpaired) electrons. The van der Waals surface area contributed by atoms with Crippen molar-refractivity contribution in [2.75, 3.05) is 0 Å². The van der Waals surface area contributed by atoms with Crippen LogP contribution in [-0.2, 0) is 0 Å². The van der Waals surface area contributed by atoms with Crippen LogP contribution in [0.15, 0.2) is 0 Å². The first-order chi connectivity index (χ1) is 7.95. The fraction of sp³-hybridized carbons (Fsp3) is 1.00. The summed E-state index contributed by atoms with van der Waals surface area (Å²) in [5.74, 6) is 2.23. The van der Waals surface area contributed by atoms with E-state index in [1.54, 1.807) is 19.3 Å². The molecule has 98 valence electrons. The number of hydrogen-bond acceptors (Lipinski definition) is 0. The van der Waals surface area contributed by atoms with Crippen molar-refractivity contribution in [3.05, 3.63) is 0 Å². The lowest BCUT2D eigenvalue weighted by Crippen LogP contribution is -2.70. The minimum Gasteiger partial charge on any atom is -0.0649 e. The van der Waals surface area contributed by atoms with Gasteiger partial charge in [0, 0.05) is 0 Å². The molecule has 0 bridgehead atoms. The van der Waals surface area contributed by atoms with Crippen LogP contribution >= 0.6 is 0 Å². The van der Waals surface area contributed by atoms with Crippen LogP contribution in [0.4, 0.5) is 0 Å². The highest BCUT2D eigenvalue weighted by Crippen LogP contribution is 2.80. The van der Waals surface area contributed by atoms with E-state index in [1.807, 2.05) is 0 Å². The molecule has 0 heterocycles. The third-order valence-electron chi connectivity index (χ3n) is 7.27. The molecule has 0 amide bonds. The number of rotatable bonds is 3. The molecule has 3 rings (SSSR count). The van der Waals surface area contributed by atoms with Gasteiger partial charge >= 0.3 is 0 Å². The van der Waals surface area contributed by atoms with Crippen LogP contribution in [0, 0.1) is 28.1 Å². The van der Waals surface area contributed by atoms with Crippen molar-refractivity contribution in [1.29, 1.82) is 0 Å². The zero-order chi connectivity index (χ0) is 12.3. The molecule has 0 nitrogen and oxygen atoms in total. The number of hydrogen-bond donors (Lipinski definition) is 0. The molecule has 0 N–H and O–H groups in total. The van der Waals surface area contributed by atoms with Crippen molar-refractivity contribution in [3.8, 4) is 0 Å². The van der Waals surface area contributed by atoms with Crippen LogP contribution in [0.3, 0.4) is 0 Å². The minimum atomic E-state index is 0.569. The van der Waals surface area contributed by atoms with Gasteiger partial charge in [-0.25, -0.2) is 0 Å². The first kappa shape index (κ1) is 12.1. The third-order valence-corrected chi connectivity index (χ3v) is 7.27. The lowest BCUT2D eigenvalue weighted by Gasteiger charge is -2.78. The molecule has 0 aromatic heterocycles. The summed E-state index contributed by atoms with van der Waals surface area (Å²) in [6.07, 6.45) is 12.1. The predicted octanol–water partition coefficient (Wildman–Crippen LogP) is 5.42. The van der Waals surface area contributed by atoms with Crippen LogP contribution in [0.25, 0.3) is 0 Å². The van der Waals surface area contributed by atoms with Gasteiger partial charge in [0.05, 0.1) is 0 Å². The first-order valence-corrected chi connectivity index (χ1v) is 7.95. The van der Waals surface area contributed by atoms with E-state index in [4.69, 9.17) is 0 Å². The molecular weight excluding hydrogens is 204 g/mol. The molecule has 0 heteroatoms. The topological polar surface area (TPSA) is 0 Å². The van der Waals surface area contributed by atoms with Crippen LogP contribution in [0.5, 0.6) is 0 Å². The molecule has 3 aliphatic rings. The Hall–Kier alpha value is 0. The summed E-state index contributed by atoms with van der Waals surface area (Å²) in [7, 11) is 0. The van der Waals surface area contributed by atoms with Gasteiger partial charge in [-0.1, -0.05) is 47.0 Å². The Morgan fingerprint density at radius 2 is 1.82 bits per heavy atom. The normalized spacial score (nSPS) is 48.7. The van der Waals surface area contributed by atoms with E-state index in [1.165, 1.54) is 32.1 Å². The summed E-state index contributed by atoms with van der Waals surface area (Å²) in [6.45, 7) is 10.0. The second-order valence-corrected chi connectivity index (χ2v) is 8.27. The fourth-order valence-electron chi connectivity index (χ4n) is 5.87. The Kier molecular flexibility index (Phi) is 2.49. The Morgan fingerprint density at radius 3 is 2.41 bits per heavy atom. The zero-order valence-electron chi connectivity index (χ0n) is 12.3. The van der Waals surface area contributed by atoms with Crippen molar-refractivity contribution >= 4 is 0 Å². The van der Waals surface area contributed by atoms with Crippen molar-refractivity contribution < 1.29 is 0 Å². The third kappa shape index (κ3) is 1.36. The summed E-state index contributed by atoms with van der Waals surface area (Å²) in [5, 5.41) is 0. The van der Waals surface area contributed by atoms with Crippen LogP contribution in [0.2, 0.25) is 0 Å². The SMILES string of the molecule is CCC(C)(C)CC12CCCCC1C1CCC12C. The lowest BCUT2D eigenvalue weighted by atomic mass is 9.27. The average molecular weight is 234 g/mol. The van der Waals surface area contributed by atoms with E-state index >= 15 is 0 Å². The molecule has 0 aromatic carbocycles. The highest BCUT2D eigenvalue weighted by atomic mass is 14.8. The summed E-state index contributed by atoms with van der Waals surface area (Å²) in [6, 6.07) is 0. The van der Waals surface area contributed by atoms with E-state index in [0.717, 1.165) is 22.7 Å². The van der Waals surface area contributed by atoms with Crippen LogP contribution in [-0.4, -0.2) is 0 Å².